The minimum Gasteiger partial charge on any atom is -0.486 e. The fraction of sp³-hybridized carbons (Fsp3) is 0.353. The van der Waals surface area contributed by atoms with E-state index in [1.807, 2.05) is 13.8 Å². The lowest BCUT2D eigenvalue weighted by molar-refractivity contribution is 0.0995. The summed E-state index contributed by atoms with van der Waals surface area (Å²) < 4.78 is 16.2. The highest BCUT2D eigenvalue weighted by atomic mass is 16.6. The van der Waals surface area contributed by atoms with Crippen molar-refractivity contribution in [2.24, 2.45) is 5.92 Å². The van der Waals surface area contributed by atoms with Crippen LogP contribution >= 0.6 is 0 Å². The Hall–Kier alpha value is -2.47. The molecule has 2 N–H and O–H groups in total. The van der Waals surface area contributed by atoms with Crippen molar-refractivity contribution in [3.05, 3.63) is 41.9 Å². The van der Waals surface area contributed by atoms with Gasteiger partial charge in [0.05, 0.1) is 18.1 Å². The van der Waals surface area contributed by atoms with Crippen LogP contribution in [0.3, 0.4) is 0 Å². The van der Waals surface area contributed by atoms with Gasteiger partial charge < -0.3 is 24.3 Å². The SMILES string of the molecule is CC(C)[C@@H](O)c1cc2c(cc1NC(=O)c1ccco1)OCCO2. The Bertz CT molecular complexity index is 693. The number of furan rings is 1. The average Bonchev–Trinajstić information content (AvgIpc) is 3.08. The monoisotopic (exact) mass is 317 g/mol. The van der Waals surface area contributed by atoms with Crippen molar-refractivity contribution in [2.45, 2.75) is 20.0 Å². The van der Waals surface area contributed by atoms with E-state index in [0.717, 1.165) is 0 Å². The number of rotatable bonds is 4. The maximum atomic E-state index is 12.2. The van der Waals surface area contributed by atoms with Crippen LogP contribution in [-0.4, -0.2) is 24.2 Å². The Kier molecular flexibility index (Phi) is 4.25. The molecule has 1 atom stereocenters. The van der Waals surface area contributed by atoms with Gasteiger partial charge in [-0.05, 0) is 24.1 Å². The second-order valence-electron chi connectivity index (χ2n) is 5.70. The van der Waals surface area contributed by atoms with E-state index in [0.29, 0.717) is 36.0 Å². The minimum absolute atomic E-state index is 0.0168. The maximum Gasteiger partial charge on any atom is 0.291 e. The van der Waals surface area contributed by atoms with Crippen molar-refractivity contribution < 1.29 is 23.8 Å². The Morgan fingerprint density at radius 2 is 1.91 bits per heavy atom. The highest BCUT2D eigenvalue weighted by Crippen LogP contribution is 2.39. The summed E-state index contributed by atoms with van der Waals surface area (Å²) in [6.07, 6.45) is 0.695. The van der Waals surface area contributed by atoms with Gasteiger partial charge in [-0.2, -0.15) is 0 Å². The highest BCUT2D eigenvalue weighted by Gasteiger charge is 2.23. The summed E-state index contributed by atoms with van der Waals surface area (Å²) in [6, 6.07) is 6.61. The predicted octanol–water partition coefficient (Wildman–Crippen LogP) is 2.99. The molecule has 122 valence electrons. The molecule has 3 rings (SSSR count). The number of benzene rings is 1. The molecule has 1 aromatic carbocycles. The van der Waals surface area contributed by atoms with Crippen LogP contribution in [0.5, 0.6) is 11.5 Å². The molecule has 1 aromatic heterocycles. The van der Waals surface area contributed by atoms with Crippen LogP contribution in [0.1, 0.15) is 36.1 Å². The Balaban J connectivity index is 1.97. The van der Waals surface area contributed by atoms with Crippen LogP contribution in [-0.2, 0) is 0 Å². The Morgan fingerprint density at radius 3 is 2.52 bits per heavy atom. The van der Waals surface area contributed by atoms with E-state index in [2.05, 4.69) is 5.32 Å². The van der Waals surface area contributed by atoms with Crippen molar-refractivity contribution in [2.75, 3.05) is 18.5 Å². The molecule has 6 heteroatoms. The fourth-order valence-electron chi connectivity index (χ4n) is 2.41. The number of carbonyl (C=O) groups is 1. The third-order valence-electron chi connectivity index (χ3n) is 3.66. The van der Waals surface area contributed by atoms with Crippen molar-refractivity contribution in [1.29, 1.82) is 0 Å². The second-order valence-corrected chi connectivity index (χ2v) is 5.70. The number of amides is 1. The number of hydrogen-bond acceptors (Lipinski definition) is 5. The number of carbonyl (C=O) groups excluding carboxylic acids is 1. The molecule has 0 fully saturated rings. The van der Waals surface area contributed by atoms with Gasteiger partial charge in [-0.15, -0.1) is 0 Å². The molecule has 2 aromatic rings. The zero-order valence-electron chi connectivity index (χ0n) is 13.0. The van der Waals surface area contributed by atoms with Gasteiger partial charge in [-0.3, -0.25) is 4.79 Å². The number of ether oxygens (including phenoxy) is 2. The van der Waals surface area contributed by atoms with Gasteiger partial charge in [0.25, 0.3) is 5.91 Å². The van der Waals surface area contributed by atoms with Crippen LogP contribution in [0.15, 0.2) is 34.9 Å². The maximum absolute atomic E-state index is 12.2. The van der Waals surface area contributed by atoms with Crippen molar-refractivity contribution in [1.82, 2.24) is 0 Å². The van der Waals surface area contributed by atoms with Crippen molar-refractivity contribution >= 4 is 11.6 Å². The molecule has 2 heterocycles. The van der Waals surface area contributed by atoms with E-state index >= 15 is 0 Å². The number of hydrogen-bond donors (Lipinski definition) is 2. The standard InChI is InChI=1S/C17H19NO5/c1-10(2)16(19)11-8-14-15(23-7-6-22-14)9-12(11)18-17(20)13-4-3-5-21-13/h3-5,8-10,16,19H,6-7H2,1-2H3,(H,18,20)/t16-/m1/s1. The van der Waals surface area contributed by atoms with Gasteiger partial charge in [0.1, 0.15) is 13.2 Å². The number of anilines is 1. The lowest BCUT2D eigenvalue weighted by Gasteiger charge is -2.24. The third-order valence-corrected chi connectivity index (χ3v) is 3.66. The summed E-state index contributed by atoms with van der Waals surface area (Å²) in [6.45, 7) is 4.71. The molecule has 23 heavy (non-hydrogen) atoms. The summed E-state index contributed by atoms with van der Waals surface area (Å²) >= 11 is 0. The smallest absolute Gasteiger partial charge is 0.291 e. The molecule has 0 unspecified atom stereocenters. The van der Waals surface area contributed by atoms with Crippen LogP contribution in [0, 0.1) is 5.92 Å². The number of aliphatic hydroxyl groups excluding tert-OH is 1. The molecule has 0 bridgehead atoms. The molecule has 0 radical (unpaired) electrons. The first kappa shape index (κ1) is 15.4. The van der Waals surface area contributed by atoms with Gasteiger partial charge in [0.15, 0.2) is 17.3 Å². The van der Waals surface area contributed by atoms with Crippen LogP contribution < -0.4 is 14.8 Å². The van der Waals surface area contributed by atoms with Gasteiger partial charge in [-0.25, -0.2) is 0 Å². The summed E-state index contributed by atoms with van der Waals surface area (Å²) in [7, 11) is 0. The van der Waals surface area contributed by atoms with Crippen molar-refractivity contribution in [3.8, 4) is 11.5 Å². The quantitative estimate of drug-likeness (QED) is 0.906. The minimum atomic E-state index is -0.738. The van der Waals surface area contributed by atoms with Crippen LogP contribution in [0.4, 0.5) is 5.69 Å². The van der Waals surface area contributed by atoms with Crippen LogP contribution in [0.2, 0.25) is 0 Å². The van der Waals surface area contributed by atoms with E-state index < -0.39 is 6.10 Å². The molecule has 0 aliphatic carbocycles. The summed E-state index contributed by atoms with van der Waals surface area (Å²) in [5, 5.41) is 13.2. The van der Waals surface area contributed by atoms with E-state index in [1.54, 1.807) is 24.3 Å². The first-order valence-electron chi connectivity index (χ1n) is 7.52. The van der Waals surface area contributed by atoms with Gasteiger partial charge in [0.2, 0.25) is 0 Å². The van der Waals surface area contributed by atoms with E-state index in [9.17, 15) is 9.90 Å². The molecule has 1 aliphatic heterocycles. The molecule has 1 amide bonds. The number of aliphatic hydroxyl groups is 1. The summed E-state index contributed by atoms with van der Waals surface area (Å²) in [4.78, 5) is 12.2. The Morgan fingerprint density at radius 1 is 1.22 bits per heavy atom. The lowest BCUT2D eigenvalue weighted by atomic mass is 9.96. The zero-order valence-corrected chi connectivity index (χ0v) is 13.0. The van der Waals surface area contributed by atoms with Gasteiger partial charge >= 0.3 is 0 Å². The van der Waals surface area contributed by atoms with E-state index in [4.69, 9.17) is 13.9 Å². The average molecular weight is 317 g/mol. The van der Waals surface area contributed by atoms with Crippen LogP contribution in [0.25, 0.3) is 0 Å². The molecule has 6 nitrogen and oxygen atoms in total. The molecule has 1 aliphatic rings. The third kappa shape index (κ3) is 3.17. The topological polar surface area (TPSA) is 80.9 Å². The molecule has 0 saturated heterocycles. The zero-order chi connectivity index (χ0) is 16.4. The molecule has 0 saturated carbocycles. The number of fused-ring (bicyclic) bond motifs is 1. The number of nitrogens with one attached hydrogen (secondary N) is 1. The van der Waals surface area contributed by atoms with Gasteiger partial charge in [-0.1, -0.05) is 13.8 Å². The van der Waals surface area contributed by atoms with Gasteiger partial charge in [0, 0.05) is 11.6 Å². The Labute approximate surface area is 134 Å². The highest BCUT2D eigenvalue weighted by molar-refractivity contribution is 6.02. The van der Waals surface area contributed by atoms with Crippen molar-refractivity contribution in [3.63, 3.8) is 0 Å². The molecule has 0 spiro atoms. The normalized spacial score (nSPS) is 14.6. The fourth-order valence-corrected chi connectivity index (χ4v) is 2.41. The largest absolute Gasteiger partial charge is 0.486 e. The molecular formula is C17H19NO5. The lowest BCUT2D eigenvalue weighted by Crippen LogP contribution is -2.19. The summed E-state index contributed by atoms with van der Waals surface area (Å²) in [5.74, 6) is 0.915. The first-order chi connectivity index (χ1) is 11.1. The predicted molar refractivity (Wildman–Crippen MR) is 83.9 cm³/mol. The summed E-state index contributed by atoms with van der Waals surface area (Å²) in [5.41, 5.74) is 1.07. The first-order valence-corrected chi connectivity index (χ1v) is 7.52. The van der Waals surface area contributed by atoms with E-state index in [-0.39, 0.29) is 17.6 Å². The molecular weight excluding hydrogens is 298 g/mol. The second kappa shape index (κ2) is 6.34. The van der Waals surface area contributed by atoms with E-state index in [1.165, 1.54) is 6.26 Å².